The van der Waals surface area contributed by atoms with Gasteiger partial charge in [0.05, 0.1) is 12.2 Å². The maximum atomic E-state index is 14.2. The molecule has 0 spiro atoms. The van der Waals surface area contributed by atoms with Crippen LogP contribution >= 0.6 is 0 Å². The second-order valence-electron chi connectivity index (χ2n) is 13.3. The summed E-state index contributed by atoms with van der Waals surface area (Å²) in [6, 6.07) is 6.04. The number of phenolic OH excluding ortho intramolecular Hbond substituents is 1. The summed E-state index contributed by atoms with van der Waals surface area (Å²) in [5.74, 6) is -6.18. The summed E-state index contributed by atoms with van der Waals surface area (Å²) in [5.41, 5.74) is 0.914. The molecule has 3 aliphatic rings. The third-order valence-electron chi connectivity index (χ3n) is 9.94. The van der Waals surface area contributed by atoms with E-state index in [4.69, 9.17) is 9.47 Å². The van der Waals surface area contributed by atoms with Crippen molar-refractivity contribution in [1.29, 1.82) is 0 Å². The number of allylic oxidation sites excluding steroid dienone is 3. The second-order valence-corrected chi connectivity index (χ2v) is 13.3. The number of hydrogen-bond acceptors (Lipinski definition) is 8. The zero-order chi connectivity index (χ0) is 32.7. The molecule has 2 fully saturated rings. The van der Waals surface area contributed by atoms with E-state index in [1.807, 2.05) is 51.1 Å². The van der Waals surface area contributed by atoms with Crippen LogP contribution in [0.2, 0.25) is 0 Å². The number of rotatable bonds is 4. The number of amides is 1. The fourth-order valence-electron chi connectivity index (χ4n) is 6.92. The molecule has 3 aliphatic heterocycles. The average molecular weight is 626 g/mol. The number of fused-ring (bicyclic) bond motifs is 3. The minimum atomic E-state index is -2.76. The molecule has 9 nitrogen and oxygen atoms in total. The van der Waals surface area contributed by atoms with Crippen molar-refractivity contribution >= 4 is 17.7 Å². The molecule has 1 amide bonds. The van der Waals surface area contributed by atoms with Gasteiger partial charge in [0.1, 0.15) is 17.9 Å². The van der Waals surface area contributed by atoms with Gasteiger partial charge in [-0.25, -0.2) is 4.79 Å². The van der Waals surface area contributed by atoms with Crippen LogP contribution in [0.1, 0.15) is 84.6 Å². The predicted octanol–water partition coefficient (Wildman–Crippen LogP) is 4.87. The van der Waals surface area contributed by atoms with E-state index < -0.39 is 59.6 Å². The molecule has 3 N–H and O–H groups in total. The van der Waals surface area contributed by atoms with Crippen molar-refractivity contribution in [1.82, 2.24) is 4.90 Å². The summed E-state index contributed by atoms with van der Waals surface area (Å²) in [7, 11) is 0. The number of carbonyl (C=O) groups excluding carboxylic acids is 3. The van der Waals surface area contributed by atoms with Crippen LogP contribution in [-0.2, 0) is 30.3 Å². The number of Topliss-reactive ketones (excluding diaryl/α,β-unsaturated/α-hetero) is 1. The highest BCUT2D eigenvalue weighted by atomic mass is 16.6. The molecule has 4 rings (SSSR count). The predicted molar refractivity (Wildman–Crippen MR) is 170 cm³/mol. The first-order valence-corrected chi connectivity index (χ1v) is 16.7. The summed E-state index contributed by atoms with van der Waals surface area (Å²) in [5, 5.41) is 33.1. The summed E-state index contributed by atoms with van der Waals surface area (Å²) in [6.07, 6.45) is 10.6. The van der Waals surface area contributed by atoms with Gasteiger partial charge in [0, 0.05) is 24.3 Å². The van der Waals surface area contributed by atoms with E-state index in [1.54, 1.807) is 25.1 Å². The first kappa shape index (κ1) is 34.9. The number of aromatic hydroxyl groups is 1. The zero-order valence-corrected chi connectivity index (χ0v) is 27.1. The molecule has 0 aliphatic carbocycles. The summed E-state index contributed by atoms with van der Waals surface area (Å²) < 4.78 is 12.2. The third kappa shape index (κ3) is 8.23. The maximum absolute atomic E-state index is 14.2. The van der Waals surface area contributed by atoms with Crippen molar-refractivity contribution in [3.63, 3.8) is 0 Å². The van der Waals surface area contributed by atoms with Crippen molar-refractivity contribution in [2.24, 2.45) is 23.7 Å². The Morgan fingerprint density at radius 3 is 2.56 bits per heavy atom. The fraction of sp³-hybridized carbons (Fsp3) is 0.639. The lowest BCUT2D eigenvalue weighted by Gasteiger charge is -2.40. The van der Waals surface area contributed by atoms with Gasteiger partial charge in [-0.3, -0.25) is 9.59 Å². The molecule has 2 saturated heterocycles. The number of nitrogens with zero attached hydrogens (tertiary/aromatic N) is 1. The van der Waals surface area contributed by atoms with Crippen molar-refractivity contribution in [2.75, 3.05) is 6.54 Å². The lowest BCUT2D eigenvalue weighted by Crippen LogP contribution is -2.62. The van der Waals surface area contributed by atoms with Crippen LogP contribution in [0.3, 0.4) is 0 Å². The number of benzene rings is 1. The molecule has 9 heteroatoms. The largest absolute Gasteiger partial charge is 0.508 e. The highest BCUT2D eigenvalue weighted by Gasteiger charge is 2.55. The van der Waals surface area contributed by atoms with Gasteiger partial charge in [0.2, 0.25) is 5.78 Å². The van der Waals surface area contributed by atoms with Crippen LogP contribution in [0, 0.1) is 23.7 Å². The Balaban J connectivity index is 1.71. The molecule has 45 heavy (non-hydrogen) atoms. The number of ether oxygens (including phenoxy) is 2. The Morgan fingerprint density at radius 2 is 1.82 bits per heavy atom. The molecule has 2 unspecified atom stereocenters. The third-order valence-corrected chi connectivity index (χ3v) is 9.94. The van der Waals surface area contributed by atoms with Crippen molar-refractivity contribution in [3.8, 4) is 5.75 Å². The summed E-state index contributed by atoms with van der Waals surface area (Å²) in [4.78, 5) is 42.9. The number of aliphatic hydroxyl groups excluding tert-OH is 1. The van der Waals surface area contributed by atoms with E-state index in [1.165, 1.54) is 4.90 Å². The highest BCUT2D eigenvalue weighted by molar-refractivity contribution is 6.09. The quantitative estimate of drug-likeness (QED) is 0.245. The fourth-order valence-corrected chi connectivity index (χ4v) is 6.92. The number of phenols is 1. The normalized spacial score (nSPS) is 36.1. The first-order chi connectivity index (χ1) is 21.5. The number of esters is 1. The molecule has 248 valence electrons. The molecule has 0 radical (unpaired) electrons. The summed E-state index contributed by atoms with van der Waals surface area (Å²) in [6.45, 7) is 7.64. The Bertz CT molecular complexity index is 1250. The molecular weight excluding hydrogens is 574 g/mol. The van der Waals surface area contributed by atoms with Gasteiger partial charge in [-0.15, -0.1) is 0 Å². The standard InChI is InChI=1S/C36H51NO8/c1-5-27(21-26-14-12-15-28(38)22-26)31-17-9-7-6-8-13-23(2)32(39)25(4)30-19-18-24(3)33(40)36(43,45-30)35(42)37-20-11-10-16-29(37)34(41)44-31/h6,8-9,12,14-15,17,22-25,27,29-32,38-39,43H,5,7,10-11,13,16,18-21H2,1-4H3/b8-6+,17-9+/t23-,24-,25+,27-,29?,30+,31+,32+,36?/m1/s1. The van der Waals surface area contributed by atoms with E-state index in [-0.39, 0.29) is 24.1 Å². The van der Waals surface area contributed by atoms with Gasteiger partial charge in [0.15, 0.2) is 0 Å². The van der Waals surface area contributed by atoms with E-state index >= 15 is 0 Å². The van der Waals surface area contributed by atoms with Crippen molar-refractivity contribution in [3.05, 3.63) is 54.1 Å². The minimum absolute atomic E-state index is 0.108. The van der Waals surface area contributed by atoms with Crippen LogP contribution in [0.15, 0.2) is 48.6 Å². The number of ketones is 1. The minimum Gasteiger partial charge on any atom is -0.508 e. The van der Waals surface area contributed by atoms with Gasteiger partial charge in [-0.05, 0) is 87.5 Å². The average Bonchev–Trinajstić information content (AvgIpc) is 3.15. The second kappa shape index (κ2) is 15.5. The monoisotopic (exact) mass is 625 g/mol. The van der Waals surface area contributed by atoms with Gasteiger partial charge < -0.3 is 29.7 Å². The SMILES string of the molecule is CC[C@H](Cc1cccc(O)c1)[C@@H]1/C=C/C/C=C/C[C@@H](C)[C@H](O)[C@@H](C)[C@@H]2CC[C@@H](C)C(=O)C(O)(O2)C(=O)N2CCCCC2C(=O)O1. The first-order valence-electron chi connectivity index (χ1n) is 16.7. The smallest absolute Gasteiger partial charge is 0.329 e. The Morgan fingerprint density at radius 1 is 1.04 bits per heavy atom. The Labute approximate surface area is 267 Å². The number of cyclic esters (lactones) is 1. The lowest BCUT2D eigenvalue weighted by molar-refractivity contribution is -0.237. The van der Waals surface area contributed by atoms with Crippen LogP contribution < -0.4 is 0 Å². The van der Waals surface area contributed by atoms with E-state index in [9.17, 15) is 29.7 Å². The molecule has 9 atom stereocenters. The molecule has 1 aromatic rings. The Hall–Kier alpha value is -3.01. The lowest BCUT2D eigenvalue weighted by atomic mass is 9.85. The highest BCUT2D eigenvalue weighted by Crippen LogP contribution is 2.36. The maximum Gasteiger partial charge on any atom is 0.329 e. The number of piperidine rings is 1. The number of carbonyl (C=O) groups is 3. The zero-order valence-electron chi connectivity index (χ0n) is 27.1. The van der Waals surface area contributed by atoms with Crippen molar-refractivity contribution in [2.45, 2.75) is 116 Å². The van der Waals surface area contributed by atoms with E-state index in [0.717, 1.165) is 5.56 Å². The molecule has 1 aromatic carbocycles. The topological polar surface area (TPSA) is 134 Å². The molecule has 0 aromatic heterocycles. The number of aliphatic hydroxyl groups is 2. The number of hydrogen-bond donors (Lipinski definition) is 3. The molecule has 0 saturated carbocycles. The van der Waals surface area contributed by atoms with Crippen LogP contribution in [0.5, 0.6) is 5.75 Å². The van der Waals surface area contributed by atoms with E-state index in [2.05, 4.69) is 0 Å². The Kier molecular flexibility index (Phi) is 12.0. The van der Waals surface area contributed by atoms with Crippen molar-refractivity contribution < 1.29 is 39.2 Å². The van der Waals surface area contributed by atoms with E-state index in [0.29, 0.717) is 57.8 Å². The molecule has 2 bridgehead atoms. The van der Waals surface area contributed by atoms with Crippen LogP contribution in [0.4, 0.5) is 0 Å². The van der Waals surface area contributed by atoms with Crippen LogP contribution in [-0.4, -0.2) is 74.6 Å². The van der Waals surface area contributed by atoms with Gasteiger partial charge in [0.25, 0.3) is 5.91 Å². The molecule has 3 heterocycles. The van der Waals surface area contributed by atoms with Gasteiger partial charge in [-0.1, -0.05) is 58.1 Å². The van der Waals surface area contributed by atoms with Gasteiger partial charge >= 0.3 is 11.8 Å². The summed E-state index contributed by atoms with van der Waals surface area (Å²) >= 11 is 0. The molecular formula is C36H51NO8. The van der Waals surface area contributed by atoms with Crippen LogP contribution in [0.25, 0.3) is 0 Å². The van der Waals surface area contributed by atoms with Gasteiger partial charge in [-0.2, -0.15) is 0 Å².